The predicted octanol–water partition coefficient (Wildman–Crippen LogP) is 3.20. The van der Waals surface area contributed by atoms with Crippen molar-refractivity contribution in [3.05, 3.63) is 47.9 Å². The number of carbonyl (C=O) groups excluding carboxylic acids is 2. The molecule has 2 aromatic rings. The molecule has 15 heteroatoms. The van der Waals surface area contributed by atoms with E-state index in [1.54, 1.807) is 0 Å². The molecule has 1 aromatic heterocycles. The fourth-order valence-corrected chi connectivity index (χ4v) is 2.98. The Morgan fingerprint density at radius 1 is 1.12 bits per heavy atom. The Hall–Kier alpha value is -3.49. The molecule has 1 aliphatic heterocycles. The summed E-state index contributed by atoms with van der Waals surface area (Å²) >= 11 is 0. The van der Waals surface area contributed by atoms with E-state index in [1.807, 2.05) is 5.43 Å². The number of aliphatic hydroxyl groups is 1. The average Bonchev–Trinajstić information content (AvgIpc) is 3.18. The maximum Gasteiger partial charge on any atom is 0.460 e. The molecule has 0 radical (unpaired) electrons. The molecule has 0 bridgehead atoms. The molecule has 0 amide bonds. The molecular formula is C18H13F7N4O4. The van der Waals surface area contributed by atoms with Crippen molar-refractivity contribution in [3.8, 4) is 0 Å². The number of alkyl halides is 7. The van der Waals surface area contributed by atoms with Gasteiger partial charge in [-0.05, 0) is 6.92 Å². The zero-order chi connectivity index (χ0) is 24.8. The monoisotopic (exact) mass is 482 g/mol. The Labute approximate surface area is 179 Å². The van der Waals surface area contributed by atoms with Gasteiger partial charge in [-0.15, -0.1) is 0 Å². The zero-order valence-corrected chi connectivity index (χ0v) is 16.3. The number of imidazole rings is 1. The molecule has 33 heavy (non-hydrogen) atoms. The lowest BCUT2D eigenvalue weighted by molar-refractivity contribution is -0.389. The largest absolute Gasteiger partial charge is 0.461 e. The Kier molecular flexibility index (Phi) is 5.73. The van der Waals surface area contributed by atoms with Crippen molar-refractivity contribution >= 4 is 23.3 Å². The highest BCUT2D eigenvalue weighted by atomic mass is 19.4. The van der Waals surface area contributed by atoms with Gasteiger partial charge in [0, 0.05) is 5.56 Å². The summed E-state index contributed by atoms with van der Waals surface area (Å²) in [4.78, 5) is 28.1. The number of nitrogens with zero attached hydrogens (tertiary/aromatic N) is 3. The van der Waals surface area contributed by atoms with Crippen LogP contribution in [0, 0.1) is 0 Å². The van der Waals surface area contributed by atoms with Crippen molar-refractivity contribution in [1.29, 1.82) is 0 Å². The number of nitrogens with one attached hydrogen (secondary N) is 1. The number of Topliss-reactive ketones (excluding diaryl/α,β-unsaturated/α-hetero) is 1. The van der Waals surface area contributed by atoms with Gasteiger partial charge in [-0.1, -0.05) is 30.3 Å². The third-order valence-electron chi connectivity index (χ3n) is 4.63. The van der Waals surface area contributed by atoms with Gasteiger partial charge in [0.2, 0.25) is 5.78 Å². The number of fused-ring (bicyclic) bond motifs is 1. The summed E-state index contributed by atoms with van der Waals surface area (Å²) in [6.45, 7) is 1.12. The van der Waals surface area contributed by atoms with Crippen LogP contribution in [-0.4, -0.2) is 56.8 Å². The van der Waals surface area contributed by atoms with Crippen molar-refractivity contribution in [2.45, 2.75) is 30.7 Å². The van der Waals surface area contributed by atoms with Crippen LogP contribution in [0.25, 0.3) is 0 Å². The number of halogens is 7. The number of rotatable bonds is 6. The molecule has 8 nitrogen and oxygen atoms in total. The highest BCUT2D eigenvalue weighted by Gasteiger charge is 2.82. The molecule has 0 spiro atoms. The molecule has 1 aromatic carbocycles. The molecule has 178 valence electrons. The number of hydrogen-bond acceptors (Lipinski definition) is 7. The molecule has 1 atom stereocenters. The first kappa shape index (κ1) is 24.2. The van der Waals surface area contributed by atoms with Gasteiger partial charge in [-0.2, -0.15) is 35.8 Å². The summed E-state index contributed by atoms with van der Waals surface area (Å²) in [6.07, 6.45) is -6.66. The molecule has 1 unspecified atom stereocenters. The minimum atomic E-state index is -6.85. The standard InChI is InChI=1S/C18H13F7N4O4/c1-2-33-14(31)10-13-28-27-12(11(30)9-6-4-3-5-7-9)15(32,29(13)8-26-10)16(19,20)17(21,22)18(23,24)25/h3-8,28,32H,2H2,1H3. The van der Waals surface area contributed by atoms with Gasteiger partial charge in [0.15, 0.2) is 17.2 Å². The second-order valence-corrected chi connectivity index (χ2v) is 6.62. The molecule has 2 heterocycles. The van der Waals surface area contributed by atoms with Crippen molar-refractivity contribution < 1.29 is 50.2 Å². The Bertz CT molecular complexity index is 1110. The zero-order valence-electron chi connectivity index (χ0n) is 16.3. The van der Waals surface area contributed by atoms with Gasteiger partial charge in [-0.25, -0.2) is 9.78 Å². The van der Waals surface area contributed by atoms with Crippen LogP contribution in [0.4, 0.5) is 36.6 Å². The van der Waals surface area contributed by atoms with E-state index in [0.717, 1.165) is 12.1 Å². The fraction of sp³-hybridized carbons (Fsp3) is 0.333. The second kappa shape index (κ2) is 7.83. The lowest BCUT2D eigenvalue weighted by atomic mass is 9.88. The van der Waals surface area contributed by atoms with E-state index in [0.29, 0.717) is 0 Å². The van der Waals surface area contributed by atoms with Crippen LogP contribution >= 0.6 is 0 Å². The lowest BCUT2D eigenvalue weighted by Gasteiger charge is -2.42. The van der Waals surface area contributed by atoms with E-state index in [4.69, 9.17) is 0 Å². The highest BCUT2D eigenvalue weighted by Crippen LogP contribution is 2.54. The van der Waals surface area contributed by atoms with Crippen molar-refractivity contribution in [1.82, 2.24) is 9.55 Å². The molecule has 0 fully saturated rings. The number of hydrazone groups is 1. The summed E-state index contributed by atoms with van der Waals surface area (Å²) in [5.41, 5.74) is -5.94. The number of carbonyl (C=O) groups is 2. The van der Waals surface area contributed by atoms with Gasteiger partial charge < -0.3 is 9.84 Å². The molecule has 1 aliphatic rings. The second-order valence-electron chi connectivity index (χ2n) is 6.62. The highest BCUT2D eigenvalue weighted by molar-refractivity contribution is 6.48. The van der Waals surface area contributed by atoms with E-state index in [1.165, 1.54) is 25.1 Å². The number of esters is 1. The first-order valence-corrected chi connectivity index (χ1v) is 8.95. The normalized spacial score (nSPS) is 18.8. The fourth-order valence-electron chi connectivity index (χ4n) is 2.98. The van der Waals surface area contributed by atoms with E-state index in [9.17, 15) is 45.4 Å². The first-order valence-electron chi connectivity index (χ1n) is 8.95. The molecule has 0 saturated carbocycles. The Morgan fingerprint density at radius 3 is 2.27 bits per heavy atom. The summed E-state index contributed by atoms with van der Waals surface area (Å²) in [7, 11) is 0. The van der Waals surface area contributed by atoms with Crippen molar-refractivity contribution in [2.75, 3.05) is 12.0 Å². The van der Waals surface area contributed by atoms with Gasteiger partial charge in [0.05, 0.1) is 6.61 Å². The predicted molar refractivity (Wildman–Crippen MR) is 96.2 cm³/mol. The topological polar surface area (TPSA) is 106 Å². The number of anilines is 1. The molecule has 0 saturated heterocycles. The van der Waals surface area contributed by atoms with Crippen LogP contribution in [0.15, 0.2) is 41.8 Å². The van der Waals surface area contributed by atoms with Crippen LogP contribution < -0.4 is 5.43 Å². The minimum absolute atomic E-state index is 0.182. The van der Waals surface area contributed by atoms with Crippen LogP contribution in [-0.2, 0) is 10.5 Å². The van der Waals surface area contributed by atoms with Gasteiger partial charge in [0.1, 0.15) is 6.33 Å². The van der Waals surface area contributed by atoms with Crippen LogP contribution in [0.2, 0.25) is 0 Å². The number of ether oxygens (including phenoxy) is 1. The third-order valence-corrected chi connectivity index (χ3v) is 4.63. The number of aromatic nitrogens is 2. The van der Waals surface area contributed by atoms with E-state index >= 15 is 0 Å². The van der Waals surface area contributed by atoms with Crippen LogP contribution in [0.5, 0.6) is 0 Å². The lowest BCUT2D eigenvalue weighted by Crippen LogP contribution is -2.69. The molecule has 0 aliphatic carbocycles. The van der Waals surface area contributed by atoms with E-state index in [-0.39, 0.29) is 17.5 Å². The van der Waals surface area contributed by atoms with Crippen molar-refractivity contribution in [3.63, 3.8) is 0 Å². The molecule has 2 N–H and O–H groups in total. The third kappa shape index (κ3) is 3.42. The van der Waals surface area contributed by atoms with Crippen LogP contribution in [0.1, 0.15) is 27.8 Å². The first-order chi connectivity index (χ1) is 15.2. The average molecular weight is 482 g/mol. The number of ketones is 1. The van der Waals surface area contributed by atoms with Crippen LogP contribution in [0.3, 0.4) is 0 Å². The van der Waals surface area contributed by atoms with Gasteiger partial charge >= 0.3 is 24.0 Å². The minimum Gasteiger partial charge on any atom is -0.461 e. The summed E-state index contributed by atoms with van der Waals surface area (Å²) < 4.78 is 101. The van der Waals surface area contributed by atoms with Gasteiger partial charge in [-0.3, -0.25) is 14.8 Å². The maximum absolute atomic E-state index is 15.0. The summed E-state index contributed by atoms with van der Waals surface area (Å²) in [6, 6.07) is 5.94. The Balaban J connectivity index is 2.29. The smallest absolute Gasteiger partial charge is 0.460 e. The molecular weight excluding hydrogens is 469 g/mol. The van der Waals surface area contributed by atoms with E-state index < -0.39 is 58.3 Å². The number of benzene rings is 1. The summed E-state index contributed by atoms with van der Waals surface area (Å²) in [5.74, 6) is -17.2. The number of hydrogen-bond donors (Lipinski definition) is 2. The van der Waals surface area contributed by atoms with E-state index in [2.05, 4.69) is 14.8 Å². The SMILES string of the molecule is CCOC(=O)c1ncn2c1NN=C(C(=O)c1ccccc1)C2(O)C(F)(F)C(F)(F)C(F)(F)F. The quantitative estimate of drug-likeness (QED) is 0.372. The van der Waals surface area contributed by atoms with Gasteiger partial charge in [0.25, 0.3) is 5.72 Å². The Morgan fingerprint density at radius 2 is 1.73 bits per heavy atom. The molecule has 3 rings (SSSR count). The summed E-state index contributed by atoms with van der Waals surface area (Å²) in [5, 5.41) is 14.0. The maximum atomic E-state index is 15.0. The van der Waals surface area contributed by atoms with Crippen molar-refractivity contribution in [2.24, 2.45) is 5.10 Å².